The molecular weight excluding hydrogens is 470 g/mol. The number of hydrogen-bond donors (Lipinski definition) is 1. The van der Waals surface area contributed by atoms with Crippen LogP contribution in [-0.4, -0.2) is 26.9 Å². The maximum atomic E-state index is 12.5. The van der Waals surface area contributed by atoms with E-state index in [1.54, 1.807) is 0 Å². The maximum Gasteiger partial charge on any atom is 0.261 e. The normalized spacial score (nSPS) is 21.6. The summed E-state index contributed by atoms with van der Waals surface area (Å²) < 4.78 is 7.15. The Labute approximate surface area is 226 Å². The lowest BCUT2D eigenvalue weighted by Gasteiger charge is -2.43. The van der Waals surface area contributed by atoms with E-state index in [4.69, 9.17) is 4.43 Å². The molecule has 2 aromatic carbocycles. The van der Waals surface area contributed by atoms with Crippen LogP contribution in [0.25, 0.3) is 0 Å². The molecule has 200 valence electrons. The van der Waals surface area contributed by atoms with Gasteiger partial charge in [0, 0.05) is 0 Å². The lowest BCUT2D eigenvalue weighted by Crippen LogP contribution is -2.67. The van der Waals surface area contributed by atoms with Crippen LogP contribution in [-0.2, 0) is 9.22 Å². The molecule has 0 aliphatic heterocycles. The zero-order chi connectivity index (χ0) is 27.1. The molecule has 37 heavy (non-hydrogen) atoms. The van der Waals surface area contributed by atoms with Crippen LogP contribution in [0.5, 0.6) is 0 Å². The van der Waals surface area contributed by atoms with Gasteiger partial charge < -0.3 is 9.74 Å². The van der Waals surface area contributed by atoms with Gasteiger partial charge in [-0.25, -0.2) is 0 Å². The molecule has 1 aliphatic carbocycles. The minimum Gasteiger partial charge on any atom is -0.405 e. The van der Waals surface area contributed by atoms with E-state index in [1.807, 2.05) is 0 Å². The van der Waals surface area contributed by atoms with Crippen LogP contribution in [0.4, 0.5) is 0 Å². The number of rotatable bonds is 10. The molecule has 0 unspecified atom stereocenters. The Morgan fingerprint density at radius 3 is 2.11 bits per heavy atom. The zero-order valence-corrected chi connectivity index (χ0v) is 24.7. The first-order chi connectivity index (χ1) is 17.6. The highest BCUT2D eigenvalue weighted by atomic mass is 28.4. The van der Waals surface area contributed by atoms with Crippen molar-refractivity contribution in [3.05, 3.63) is 85.5 Å². The van der Waals surface area contributed by atoms with E-state index < -0.39 is 8.32 Å². The summed E-state index contributed by atoms with van der Waals surface area (Å²) in [6.07, 6.45) is 9.69. The Balaban J connectivity index is 1.97. The van der Waals surface area contributed by atoms with Gasteiger partial charge in [0.25, 0.3) is 8.32 Å². The van der Waals surface area contributed by atoms with Gasteiger partial charge in [0.15, 0.2) is 0 Å². The standard InChI is InChI=1S/C33H47NO2Si/c1-8-32(35)34-28(21-20-27-23-26(4)19-22-31(27)25(2)3)24-36-37(33(5,6)7,29-15-11-9-12-16-29)30-17-13-10-14-18-30/h8-18,20-21,25-28,31H,1,19,22-24H2,2-7H3,(H,34,35)/b21-20+/t26-,27-,28-,31+/m1/s1. The van der Waals surface area contributed by atoms with Crippen LogP contribution >= 0.6 is 0 Å². The van der Waals surface area contributed by atoms with Crippen molar-refractivity contribution in [3.8, 4) is 0 Å². The molecule has 0 radical (unpaired) electrons. The third kappa shape index (κ3) is 7.11. The summed E-state index contributed by atoms with van der Waals surface area (Å²) in [5, 5.41) is 5.51. The lowest BCUT2D eigenvalue weighted by molar-refractivity contribution is -0.117. The number of nitrogens with one attached hydrogen (secondary N) is 1. The Hall–Kier alpha value is -2.43. The average molecular weight is 518 g/mol. The summed E-state index contributed by atoms with van der Waals surface area (Å²) in [7, 11) is -2.70. The van der Waals surface area contributed by atoms with E-state index in [2.05, 4.69) is 126 Å². The van der Waals surface area contributed by atoms with Gasteiger partial charge in [0.2, 0.25) is 5.91 Å². The predicted octanol–water partition coefficient (Wildman–Crippen LogP) is 6.50. The fourth-order valence-corrected chi connectivity index (χ4v) is 10.7. The van der Waals surface area contributed by atoms with Crippen molar-refractivity contribution in [2.45, 2.75) is 71.9 Å². The minimum absolute atomic E-state index is 0.117. The first-order valence-electron chi connectivity index (χ1n) is 13.9. The molecule has 0 aromatic heterocycles. The molecule has 4 atom stereocenters. The van der Waals surface area contributed by atoms with Gasteiger partial charge >= 0.3 is 0 Å². The largest absolute Gasteiger partial charge is 0.405 e. The van der Waals surface area contributed by atoms with E-state index in [0.29, 0.717) is 24.4 Å². The summed E-state index contributed by atoms with van der Waals surface area (Å²) in [6.45, 7) is 18.0. The molecule has 0 heterocycles. The van der Waals surface area contributed by atoms with Crippen molar-refractivity contribution in [1.82, 2.24) is 5.32 Å². The Bertz CT molecular complexity index is 986. The van der Waals surface area contributed by atoms with Crippen molar-refractivity contribution in [2.75, 3.05) is 6.61 Å². The highest BCUT2D eigenvalue weighted by Gasteiger charge is 2.50. The lowest BCUT2D eigenvalue weighted by atomic mass is 9.70. The predicted molar refractivity (Wildman–Crippen MR) is 160 cm³/mol. The molecule has 1 aliphatic rings. The van der Waals surface area contributed by atoms with Crippen LogP contribution in [0.1, 0.15) is 60.8 Å². The summed E-state index contributed by atoms with van der Waals surface area (Å²) >= 11 is 0. The number of carbonyl (C=O) groups is 1. The maximum absolute atomic E-state index is 12.5. The number of amides is 1. The number of benzene rings is 2. The van der Waals surface area contributed by atoms with Gasteiger partial charge in [0.1, 0.15) is 0 Å². The van der Waals surface area contributed by atoms with Crippen molar-refractivity contribution < 1.29 is 9.22 Å². The quantitative estimate of drug-likeness (QED) is 0.222. The molecule has 0 bridgehead atoms. The summed E-state index contributed by atoms with van der Waals surface area (Å²) in [5.41, 5.74) is 0. The Kier molecular flexibility index (Phi) is 10.1. The fourth-order valence-electron chi connectivity index (χ4n) is 6.14. The highest BCUT2D eigenvalue weighted by Crippen LogP contribution is 2.39. The van der Waals surface area contributed by atoms with Crippen LogP contribution < -0.4 is 15.7 Å². The molecule has 1 fully saturated rings. The summed E-state index contributed by atoms with van der Waals surface area (Å²) in [6, 6.07) is 21.1. The highest BCUT2D eigenvalue weighted by molar-refractivity contribution is 6.99. The van der Waals surface area contributed by atoms with Crippen LogP contribution in [0.2, 0.25) is 5.04 Å². The van der Waals surface area contributed by atoms with Crippen LogP contribution in [0, 0.1) is 23.7 Å². The van der Waals surface area contributed by atoms with Crippen molar-refractivity contribution in [2.24, 2.45) is 23.7 Å². The van der Waals surface area contributed by atoms with Crippen molar-refractivity contribution >= 4 is 24.6 Å². The van der Waals surface area contributed by atoms with Gasteiger partial charge in [-0.15, -0.1) is 0 Å². The average Bonchev–Trinajstić information content (AvgIpc) is 2.87. The molecule has 1 saturated carbocycles. The second-order valence-electron chi connectivity index (χ2n) is 12.2. The molecule has 1 N–H and O–H groups in total. The van der Waals surface area contributed by atoms with E-state index in [1.165, 1.54) is 35.7 Å². The van der Waals surface area contributed by atoms with Crippen molar-refractivity contribution in [3.63, 3.8) is 0 Å². The van der Waals surface area contributed by atoms with Gasteiger partial charge in [0.05, 0.1) is 12.6 Å². The molecular formula is C33H47NO2Si. The van der Waals surface area contributed by atoms with E-state index in [0.717, 1.165) is 5.92 Å². The molecule has 0 saturated heterocycles. The molecule has 0 spiro atoms. The second kappa shape index (κ2) is 12.9. The SMILES string of the molecule is C=CC(=O)N[C@H](/C=C/[C@@H]1C[C@H](C)CC[C@H]1C(C)C)CO[Si](c1ccccc1)(c1ccccc1)C(C)(C)C. The third-order valence-electron chi connectivity index (χ3n) is 8.07. The van der Waals surface area contributed by atoms with E-state index in [9.17, 15) is 4.79 Å². The number of carbonyl (C=O) groups excluding carboxylic acids is 1. The van der Waals surface area contributed by atoms with E-state index >= 15 is 0 Å². The first-order valence-corrected chi connectivity index (χ1v) is 15.9. The van der Waals surface area contributed by atoms with E-state index in [-0.39, 0.29) is 17.0 Å². The van der Waals surface area contributed by atoms with Crippen LogP contribution in [0.3, 0.4) is 0 Å². The molecule has 1 amide bonds. The van der Waals surface area contributed by atoms with Gasteiger partial charge in [-0.3, -0.25) is 4.79 Å². The minimum atomic E-state index is -2.70. The molecule has 4 heteroatoms. The van der Waals surface area contributed by atoms with Gasteiger partial charge in [-0.1, -0.05) is 127 Å². The zero-order valence-electron chi connectivity index (χ0n) is 23.7. The van der Waals surface area contributed by atoms with Gasteiger partial charge in [-0.05, 0) is 58.0 Å². The first kappa shape index (κ1) is 29.1. The third-order valence-corrected chi connectivity index (χ3v) is 13.1. The summed E-state index contributed by atoms with van der Waals surface area (Å²) in [4.78, 5) is 12.5. The second-order valence-corrected chi connectivity index (χ2v) is 16.5. The topological polar surface area (TPSA) is 38.3 Å². The Morgan fingerprint density at radius 2 is 1.62 bits per heavy atom. The monoisotopic (exact) mass is 517 g/mol. The smallest absolute Gasteiger partial charge is 0.261 e. The number of hydrogen-bond acceptors (Lipinski definition) is 2. The van der Waals surface area contributed by atoms with Gasteiger partial charge in [-0.2, -0.15) is 0 Å². The van der Waals surface area contributed by atoms with Crippen molar-refractivity contribution in [1.29, 1.82) is 0 Å². The van der Waals surface area contributed by atoms with Crippen LogP contribution in [0.15, 0.2) is 85.5 Å². The fraction of sp³-hybridized carbons (Fsp3) is 0.485. The Morgan fingerprint density at radius 1 is 1.05 bits per heavy atom. The summed E-state index contributed by atoms with van der Waals surface area (Å²) in [5.74, 6) is 2.43. The molecule has 2 aromatic rings. The molecule has 3 nitrogen and oxygen atoms in total. The number of allylic oxidation sites excluding steroid dienone is 1. The molecule has 3 rings (SSSR count).